The molecule has 0 radical (unpaired) electrons. The van der Waals surface area contributed by atoms with E-state index in [2.05, 4.69) is 5.32 Å². The van der Waals surface area contributed by atoms with E-state index in [1.165, 1.54) is 0 Å². The Morgan fingerprint density at radius 1 is 1.64 bits per heavy atom. The van der Waals surface area contributed by atoms with Crippen molar-refractivity contribution >= 4 is 5.97 Å². The zero-order valence-electron chi connectivity index (χ0n) is 6.87. The molecule has 0 aromatic carbocycles. The highest BCUT2D eigenvalue weighted by Gasteiger charge is 2.33. The summed E-state index contributed by atoms with van der Waals surface area (Å²) in [7, 11) is 3.82. The fourth-order valence-corrected chi connectivity index (χ4v) is 1.50. The number of carbonyl (C=O) groups is 1. The van der Waals surface area contributed by atoms with Crippen LogP contribution < -0.4 is 5.32 Å². The van der Waals surface area contributed by atoms with Crippen LogP contribution in [0.25, 0.3) is 0 Å². The zero-order valence-corrected chi connectivity index (χ0v) is 6.87. The van der Waals surface area contributed by atoms with Crippen LogP contribution in [0.15, 0.2) is 0 Å². The maximum Gasteiger partial charge on any atom is 0.322 e. The van der Waals surface area contributed by atoms with E-state index in [1.807, 2.05) is 19.0 Å². The maximum atomic E-state index is 10.6. The van der Waals surface area contributed by atoms with Gasteiger partial charge in [-0.25, -0.2) is 0 Å². The number of carboxylic acids is 1. The first-order valence-electron chi connectivity index (χ1n) is 3.75. The van der Waals surface area contributed by atoms with E-state index in [4.69, 9.17) is 5.11 Å². The molecule has 0 amide bonds. The third kappa shape index (κ3) is 1.70. The molecule has 1 aliphatic heterocycles. The Hall–Kier alpha value is -0.610. The van der Waals surface area contributed by atoms with E-state index in [0.717, 1.165) is 13.0 Å². The lowest BCUT2D eigenvalue weighted by Crippen LogP contribution is -2.45. The minimum absolute atomic E-state index is 0.146. The number of carboxylic acid groups (broad SMARTS) is 1. The maximum absolute atomic E-state index is 10.6. The van der Waals surface area contributed by atoms with Gasteiger partial charge in [0.25, 0.3) is 0 Å². The highest BCUT2D eigenvalue weighted by Crippen LogP contribution is 2.11. The number of aliphatic carboxylic acids is 1. The summed E-state index contributed by atoms with van der Waals surface area (Å²) in [4.78, 5) is 12.6. The molecular weight excluding hydrogens is 144 g/mol. The Labute approximate surface area is 66.2 Å². The minimum Gasteiger partial charge on any atom is -0.480 e. The standard InChI is InChI=1S/C7H14N2O2/c1-9(2)5-3-4-8-6(5)7(10)11/h5-6,8H,3-4H2,1-2H3,(H,10,11)/t5?,6-/m0/s1. The lowest BCUT2D eigenvalue weighted by molar-refractivity contribution is -0.140. The molecular formula is C7H14N2O2. The van der Waals surface area contributed by atoms with Gasteiger partial charge in [0.05, 0.1) is 0 Å². The van der Waals surface area contributed by atoms with Gasteiger partial charge in [0.2, 0.25) is 0 Å². The summed E-state index contributed by atoms with van der Waals surface area (Å²) in [6.07, 6.45) is 0.921. The zero-order chi connectivity index (χ0) is 8.43. The van der Waals surface area contributed by atoms with Crippen molar-refractivity contribution in [3.05, 3.63) is 0 Å². The van der Waals surface area contributed by atoms with Crippen LogP contribution in [-0.4, -0.2) is 48.7 Å². The lowest BCUT2D eigenvalue weighted by atomic mass is 10.1. The molecule has 2 N–H and O–H groups in total. The molecule has 4 heteroatoms. The molecule has 0 aromatic rings. The largest absolute Gasteiger partial charge is 0.480 e. The van der Waals surface area contributed by atoms with Gasteiger partial charge in [0.15, 0.2) is 0 Å². The van der Waals surface area contributed by atoms with Gasteiger partial charge in [0.1, 0.15) is 6.04 Å². The average molecular weight is 158 g/mol. The Kier molecular flexibility index (Phi) is 2.46. The monoisotopic (exact) mass is 158 g/mol. The summed E-state index contributed by atoms with van der Waals surface area (Å²) in [6, 6.07) is -0.238. The quantitative estimate of drug-likeness (QED) is 0.561. The third-order valence-corrected chi connectivity index (χ3v) is 2.12. The second-order valence-corrected chi connectivity index (χ2v) is 3.09. The first-order chi connectivity index (χ1) is 5.13. The molecule has 1 unspecified atom stereocenters. The van der Waals surface area contributed by atoms with Gasteiger partial charge < -0.3 is 15.3 Å². The first kappa shape index (κ1) is 8.49. The van der Waals surface area contributed by atoms with E-state index in [1.54, 1.807) is 0 Å². The Morgan fingerprint density at radius 3 is 2.64 bits per heavy atom. The summed E-state index contributed by atoms with van der Waals surface area (Å²) < 4.78 is 0. The molecule has 0 saturated carbocycles. The van der Waals surface area contributed by atoms with Crippen molar-refractivity contribution in [1.82, 2.24) is 10.2 Å². The number of hydrogen-bond donors (Lipinski definition) is 2. The van der Waals surface area contributed by atoms with Gasteiger partial charge in [-0.15, -0.1) is 0 Å². The van der Waals surface area contributed by atoms with Crippen LogP contribution in [0.2, 0.25) is 0 Å². The fourth-order valence-electron chi connectivity index (χ4n) is 1.50. The van der Waals surface area contributed by atoms with Gasteiger partial charge in [0, 0.05) is 6.04 Å². The van der Waals surface area contributed by atoms with Crippen LogP contribution in [0.5, 0.6) is 0 Å². The van der Waals surface area contributed by atoms with Gasteiger partial charge in [-0.1, -0.05) is 0 Å². The molecule has 1 heterocycles. The van der Waals surface area contributed by atoms with Gasteiger partial charge in [-0.2, -0.15) is 0 Å². The van der Waals surface area contributed by atoms with E-state index in [0.29, 0.717) is 0 Å². The molecule has 1 saturated heterocycles. The molecule has 1 aliphatic rings. The highest BCUT2D eigenvalue weighted by atomic mass is 16.4. The summed E-state index contributed by atoms with van der Waals surface area (Å²) in [6.45, 7) is 0.805. The van der Waals surface area contributed by atoms with E-state index >= 15 is 0 Å². The van der Waals surface area contributed by atoms with Gasteiger partial charge in [-0.3, -0.25) is 4.79 Å². The number of hydrogen-bond acceptors (Lipinski definition) is 3. The van der Waals surface area contributed by atoms with Crippen molar-refractivity contribution in [3.8, 4) is 0 Å². The van der Waals surface area contributed by atoms with Crippen LogP contribution >= 0.6 is 0 Å². The number of likely N-dealkylation sites (N-methyl/N-ethyl adjacent to an activating group) is 1. The van der Waals surface area contributed by atoms with Crippen molar-refractivity contribution in [1.29, 1.82) is 0 Å². The molecule has 0 aliphatic carbocycles. The van der Waals surface area contributed by atoms with Crippen LogP contribution in [0.3, 0.4) is 0 Å². The number of nitrogens with one attached hydrogen (secondary N) is 1. The second kappa shape index (κ2) is 3.19. The van der Waals surface area contributed by atoms with Crippen LogP contribution in [-0.2, 0) is 4.79 Å². The number of rotatable bonds is 2. The predicted molar refractivity (Wildman–Crippen MR) is 41.5 cm³/mol. The Balaban J connectivity index is 2.58. The van der Waals surface area contributed by atoms with Crippen molar-refractivity contribution in [2.24, 2.45) is 0 Å². The van der Waals surface area contributed by atoms with Crippen LogP contribution in [0.4, 0.5) is 0 Å². The molecule has 4 nitrogen and oxygen atoms in total. The topological polar surface area (TPSA) is 52.6 Å². The summed E-state index contributed by atoms with van der Waals surface area (Å²) in [5.74, 6) is -0.749. The average Bonchev–Trinajstić information content (AvgIpc) is 2.32. The third-order valence-electron chi connectivity index (χ3n) is 2.12. The van der Waals surface area contributed by atoms with Crippen LogP contribution in [0.1, 0.15) is 6.42 Å². The van der Waals surface area contributed by atoms with Gasteiger partial charge in [-0.05, 0) is 27.1 Å². The molecule has 64 valence electrons. The molecule has 0 aromatic heterocycles. The van der Waals surface area contributed by atoms with Crippen molar-refractivity contribution in [3.63, 3.8) is 0 Å². The van der Waals surface area contributed by atoms with E-state index in [-0.39, 0.29) is 12.1 Å². The predicted octanol–water partition coefficient (Wildman–Crippen LogP) is -0.637. The molecule has 1 rings (SSSR count). The van der Waals surface area contributed by atoms with Crippen molar-refractivity contribution in [2.45, 2.75) is 18.5 Å². The summed E-state index contributed by atoms with van der Waals surface area (Å²) >= 11 is 0. The molecule has 11 heavy (non-hydrogen) atoms. The van der Waals surface area contributed by atoms with E-state index in [9.17, 15) is 4.79 Å². The van der Waals surface area contributed by atoms with Crippen molar-refractivity contribution < 1.29 is 9.90 Å². The normalized spacial score (nSPS) is 31.2. The fraction of sp³-hybridized carbons (Fsp3) is 0.857. The second-order valence-electron chi connectivity index (χ2n) is 3.09. The highest BCUT2D eigenvalue weighted by molar-refractivity contribution is 5.74. The molecule has 0 spiro atoms. The van der Waals surface area contributed by atoms with Gasteiger partial charge >= 0.3 is 5.97 Å². The lowest BCUT2D eigenvalue weighted by Gasteiger charge is -2.22. The van der Waals surface area contributed by atoms with Crippen LogP contribution in [0, 0.1) is 0 Å². The molecule has 0 bridgehead atoms. The SMILES string of the molecule is CN(C)C1CCN[C@@H]1C(=O)O. The Bertz CT molecular complexity index is 159. The smallest absolute Gasteiger partial charge is 0.322 e. The Morgan fingerprint density at radius 2 is 2.27 bits per heavy atom. The van der Waals surface area contributed by atoms with E-state index < -0.39 is 5.97 Å². The minimum atomic E-state index is -0.749. The molecule has 1 fully saturated rings. The molecule has 2 atom stereocenters. The first-order valence-corrected chi connectivity index (χ1v) is 3.75. The summed E-state index contributed by atoms with van der Waals surface area (Å²) in [5, 5.41) is 11.7. The number of nitrogens with zero attached hydrogens (tertiary/aromatic N) is 1. The van der Waals surface area contributed by atoms with Crippen molar-refractivity contribution in [2.75, 3.05) is 20.6 Å². The summed E-state index contributed by atoms with van der Waals surface area (Å²) in [5.41, 5.74) is 0.